The fourth-order valence-corrected chi connectivity index (χ4v) is 5.99. The molecule has 1 N–H and O–H groups in total. The van der Waals surface area contributed by atoms with Gasteiger partial charge in [0.05, 0.1) is 6.54 Å². The van der Waals surface area contributed by atoms with E-state index in [0.29, 0.717) is 18.9 Å². The summed E-state index contributed by atoms with van der Waals surface area (Å²) in [5.41, 5.74) is 1.26. The lowest BCUT2D eigenvalue weighted by Gasteiger charge is -2.56. The highest BCUT2D eigenvalue weighted by Crippen LogP contribution is 2.43. The number of nitrogens with zero attached hydrogens (tertiary/aromatic N) is 3. The topological polar surface area (TPSA) is 55.9 Å². The molecule has 1 aromatic carbocycles. The van der Waals surface area contributed by atoms with Gasteiger partial charge in [0.1, 0.15) is 0 Å². The summed E-state index contributed by atoms with van der Waals surface area (Å²) in [4.78, 5) is 32.0. The molecule has 0 spiro atoms. The van der Waals surface area contributed by atoms with Gasteiger partial charge in [0.2, 0.25) is 11.8 Å². The molecule has 6 rings (SSSR count). The number of piperidine rings is 3. The largest absolute Gasteiger partial charge is 0.350 e. The third-order valence-corrected chi connectivity index (χ3v) is 7.22. The SMILES string of the molecule is O=C(CN1CCCCC1=O)N[C@H]1C2CN3CCN(C2)CC1(c1ccccc1)C3. The lowest BCUT2D eigenvalue weighted by Crippen LogP contribution is -2.71. The van der Waals surface area contributed by atoms with Gasteiger partial charge in [0, 0.05) is 69.6 Å². The van der Waals surface area contributed by atoms with Gasteiger partial charge in [0.25, 0.3) is 0 Å². The molecule has 5 fully saturated rings. The Bertz CT molecular complexity index is 736. The van der Waals surface area contributed by atoms with Gasteiger partial charge in [-0.25, -0.2) is 0 Å². The fourth-order valence-electron chi connectivity index (χ4n) is 5.99. The number of amides is 2. The molecule has 4 bridgehead atoms. The molecule has 0 saturated carbocycles. The van der Waals surface area contributed by atoms with Crippen LogP contribution in [0.15, 0.2) is 30.3 Å². The molecule has 5 aliphatic heterocycles. The Morgan fingerprint density at radius 3 is 2.43 bits per heavy atom. The van der Waals surface area contributed by atoms with E-state index in [1.165, 1.54) is 5.56 Å². The van der Waals surface area contributed by atoms with E-state index in [1.54, 1.807) is 4.90 Å². The number of nitrogens with one attached hydrogen (secondary N) is 1. The molecular formula is C22H30N4O2. The summed E-state index contributed by atoms with van der Waals surface area (Å²) in [6, 6.07) is 10.9. The van der Waals surface area contributed by atoms with E-state index < -0.39 is 0 Å². The van der Waals surface area contributed by atoms with Gasteiger partial charge in [-0.3, -0.25) is 9.59 Å². The number of hydrogen-bond acceptors (Lipinski definition) is 4. The van der Waals surface area contributed by atoms with Crippen molar-refractivity contribution in [2.24, 2.45) is 5.92 Å². The second-order valence-electron chi connectivity index (χ2n) is 9.07. The van der Waals surface area contributed by atoms with Crippen molar-refractivity contribution in [2.45, 2.75) is 30.7 Å². The number of benzene rings is 1. The zero-order chi connectivity index (χ0) is 19.1. The molecule has 0 aliphatic carbocycles. The lowest BCUT2D eigenvalue weighted by molar-refractivity contribution is -0.138. The van der Waals surface area contributed by atoms with Crippen LogP contribution in [0.4, 0.5) is 0 Å². The highest BCUT2D eigenvalue weighted by Gasteiger charge is 2.55. The number of carbonyl (C=O) groups excluding carboxylic acids is 2. The van der Waals surface area contributed by atoms with E-state index in [4.69, 9.17) is 0 Å². The number of likely N-dealkylation sites (tertiary alicyclic amines) is 1. The minimum absolute atomic E-state index is 0.00621. The first-order valence-electron chi connectivity index (χ1n) is 10.7. The molecule has 2 unspecified atom stereocenters. The molecule has 5 saturated heterocycles. The zero-order valence-corrected chi connectivity index (χ0v) is 16.5. The summed E-state index contributed by atoms with van der Waals surface area (Å²) in [6.07, 6.45) is 2.53. The van der Waals surface area contributed by atoms with Gasteiger partial charge in [-0.1, -0.05) is 30.3 Å². The van der Waals surface area contributed by atoms with Gasteiger partial charge >= 0.3 is 0 Å². The molecule has 2 amide bonds. The Morgan fingerprint density at radius 2 is 1.75 bits per heavy atom. The Balaban J connectivity index is 1.40. The maximum Gasteiger partial charge on any atom is 0.239 e. The van der Waals surface area contributed by atoms with Crippen LogP contribution in [0.1, 0.15) is 24.8 Å². The standard InChI is InChI=1S/C22H30N4O2/c27-19(14-26-9-5-4-8-20(26)28)23-21-17-12-24-10-11-25(13-17)16-22(21,15-24)18-6-2-1-3-7-18/h1-3,6-7,17,21H,4-5,8-16H2,(H,23,27)/t17?,21-,22?/m0/s1. The second-order valence-corrected chi connectivity index (χ2v) is 9.07. The second kappa shape index (κ2) is 7.16. The monoisotopic (exact) mass is 382 g/mol. The lowest BCUT2D eigenvalue weighted by atomic mass is 9.64. The van der Waals surface area contributed by atoms with Crippen molar-refractivity contribution in [2.75, 3.05) is 52.4 Å². The first kappa shape index (κ1) is 18.1. The quantitative estimate of drug-likeness (QED) is 0.832. The van der Waals surface area contributed by atoms with Crippen molar-refractivity contribution in [1.82, 2.24) is 20.0 Å². The van der Waals surface area contributed by atoms with Gasteiger partial charge in [-0.2, -0.15) is 0 Å². The number of fused-ring (bicyclic) bond motifs is 1. The minimum atomic E-state index is -0.0690. The smallest absolute Gasteiger partial charge is 0.239 e. The van der Waals surface area contributed by atoms with Crippen molar-refractivity contribution in [1.29, 1.82) is 0 Å². The van der Waals surface area contributed by atoms with Crippen LogP contribution in [0, 0.1) is 5.92 Å². The van der Waals surface area contributed by atoms with Crippen molar-refractivity contribution >= 4 is 11.8 Å². The molecule has 0 radical (unpaired) electrons. The molecule has 6 heteroatoms. The van der Waals surface area contributed by atoms with E-state index in [1.807, 2.05) is 0 Å². The molecule has 28 heavy (non-hydrogen) atoms. The normalized spacial score (nSPS) is 37.0. The Labute approximate surface area is 166 Å². The van der Waals surface area contributed by atoms with Crippen LogP contribution >= 0.6 is 0 Å². The molecular weight excluding hydrogens is 352 g/mol. The number of rotatable bonds is 4. The molecule has 5 aliphatic rings. The van der Waals surface area contributed by atoms with E-state index in [2.05, 4.69) is 45.4 Å². The summed E-state index contributed by atoms with van der Waals surface area (Å²) in [7, 11) is 0. The molecule has 6 nitrogen and oxygen atoms in total. The van der Waals surface area contributed by atoms with Crippen LogP contribution < -0.4 is 5.32 Å². The van der Waals surface area contributed by atoms with Crippen molar-refractivity contribution in [3.05, 3.63) is 35.9 Å². The van der Waals surface area contributed by atoms with Crippen LogP contribution in [-0.4, -0.2) is 84.9 Å². The van der Waals surface area contributed by atoms with E-state index in [-0.39, 0.29) is 29.8 Å². The third-order valence-electron chi connectivity index (χ3n) is 7.22. The highest BCUT2D eigenvalue weighted by atomic mass is 16.2. The summed E-state index contributed by atoms with van der Waals surface area (Å²) in [5.74, 6) is 0.566. The Morgan fingerprint density at radius 1 is 1.04 bits per heavy atom. The Hall–Kier alpha value is -1.92. The third kappa shape index (κ3) is 3.12. The van der Waals surface area contributed by atoms with E-state index >= 15 is 0 Å². The van der Waals surface area contributed by atoms with Crippen LogP contribution in [0.3, 0.4) is 0 Å². The number of carbonyl (C=O) groups is 2. The predicted octanol–water partition coefficient (Wildman–Crippen LogP) is 0.683. The van der Waals surface area contributed by atoms with Crippen LogP contribution in [0.2, 0.25) is 0 Å². The van der Waals surface area contributed by atoms with Gasteiger partial charge in [-0.05, 0) is 18.4 Å². The van der Waals surface area contributed by atoms with E-state index in [9.17, 15) is 9.59 Å². The molecule has 0 aromatic heterocycles. The first-order chi connectivity index (χ1) is 13.6. The molecule has 5 heterocycles. The Kier molecular flexibility index (Phi) is 4.63. The van der Waals surface area contributed by atoms with Gasteiger partial charge in [-0.15, -0.1) is 0 Å². The van der Waals surface area contributed by atoms with Crippen LogP contribution in [0.25, 0.3) is 0 Å². The summed E-state index contributed by atoms with van der Waals surface area (Å²) < 4.78 is 0. The maximum absolute atomic E-state index is 13.0. The average molecular weight is 383 g/mol. The minimum Gasteiger partial charge on any atom is -0.350 e. The number of hydrogen-bond donors (Lipinski definition) is 1. The summed E-state index contributed by atoms with van der Waals surface area (Å²) >= 11 is 0. The van der Waals surface area contributed by atoms with Crippen LogP contribution in [-0.2, 0) is 15.0 Å². The van der Waals surface area contributed by atoms with Gasteiger partial charge in [0.15, 0.2) is 0 Å². The first-order valence-corrected chi connectivity index (χ1v) is 10.7. The molecule has 1 aromatic rings. The van der Waals surface area contributed by atoms with Gasteiger partial charge < -0.3 is 20.0 Å². The molecule has 150 valence electrons. The summed E-state index contributed by atoms with van der Waals surface area (Å²) in [6.45, 7) is 7.26. The zero-order valence-electron chi connectivity index (χ0n) is 16.5. The predicted molar refractivity (Wildman–Crippen MR) is 107 cm³/mol. The summed E-state index contributed by atoms with van der Waals surface area (Å²) in [5, 5.41) is 3.41. The highest BCUT2D eigenvalue weighted by molar-refractivity contribution is 5.85. The molecule has 3 atom stereocenters. The maximum atomic E-state index is 13.0. The fraction of sp³-hybridized carbons (Fsp3) is 0.636. The van der Waals surface area contributed by atoms with Crippen molar-refractivity contribution in [3.63, 3.8) is 0 Å². The van der Waals surface area contributed by atoms with E-state index in [0.717, 1.165) is 52.1 Å². The van der Waals surface area contributed by atoms with Crippen molar-refractivity contribution in [3.8, 4) is 0 Å². The van der Waals surface area contributed by atoms with Crippen LogP contribution in [0.5, 0.6) is 0 Å². The van der Waals surface area contributed by atoms with Crippen molar-refractivity contribution < 1.29 is 9.59 Å². The average Bonchev–Trinajstić information content (AvgIpc) is 2.95.